The summed E-state index contributed by atoms with van der Waals surface area (Å²) in [5, 5.41) is 8.70. The lowest BCUT2D eigenvalue weighted by atomic mass is 10.1. The van der Waals surface area contributed by atoms with Crippen molar-refractivity contribution in [2.24, 2.45) is 0 Å². The van der Waals surface area contributed by atoms with Crippen LogP contribution in [0.15, 0.2) is 34.9 Å². The number of benzene rings is 1. The number of furan rings is 1. The molecule has 1 aromatic carbocycles. The van der Waals surface area contributed by atoms with E-state index in [9.17, 15) is 4.39 Å². The highest BCUT2D eigenvalue weighted by Crippen LogP contribution is 2.15. The number of nitriles is 1. The Balaban J connectivity index is 2.05. The van der Waals surface area contributed by atoms with Crippen molar-refractivity contribution in [2.45, 2.75) is 20.0 Å². The molecule has 0 amide bonds. The molecule has 0 atom stereocenters. The van der Waals surface area contributed by atoms with E-state index >= 15 is 0 Å². The van der Waals surface area contributed by atoms with Crippen LogP contribution in [0.3, 0.4) is 0 Å². The Morgan fingerprint density at radius 2 is 2.00 bits per heavy atom. The molecule has 1 heterocycles. The molecule has 0 saturated carbocycles. The molecule has 2 aromatic rings. The number of nitrogens with zero attached hydrogens (tertiary/aromatic N) is 2. The van der Waals surface area contributed by atoms with Gasteiger partial charge in [0.1, 0.15) is 11.6 Å². The van der Waals surface area contributed by atoms with E-state index in [1.807, 2.05) is 31.0 Å². The van der Waals surface area contributed by atoms with Crippen LogP contribution < -0.4 is 0 Å². The van der Waals surface area contributed by atoms with Crippen LogP contribution in [0.5, 0.6) is 0 Å². The topological polar surface area (TPSA) is 40.2 Å². The van der Waals surface area contributed by atoms with Crippen molar-refractivity contribution in [2.75, 3.05) is 7.05 Å². The molecule has 0 aliphatic heterocycles. The van der Waals surface area contributed by atoms with E-state index in [4.69, 9.17) is 9.68 Å². The van der Waals surface area contributed by atoms with Gasteiger partial charge in [-0.25, -0.2) is 4.39 Å². The lowest BCUT2D eigenvalue weighted by Gasteiger charge is -2.16. The number of rotatable bonds is 4. The van der Waals surface area contributed by atoms with Gasteiger partial charge in [0.25, 0.3) is 0 Å². The Bertz CT molecular complexity index is 613. The summed E-state index contributed by atoms with van der Waals surface area (Å²) in [5.74, 6) is 0.543. The molecule has 0 aliphatic rings. The minimum absolute atomic E-state index is 0.338. The number of hydrogen-bond acceptors (Lipinski definition) is 3. The smallest absolute Gasteiger partial charge is 0.129 e. The molecule has 19 heavy (non-hydrogen) atoms. The molecular weight excluding hydrogens is 243 g/mol. The molecule has 98 valence electrons. The van der Waals surface area contributed by atoms with Gasteiger partial charge >= 0.3 is 0 Å². The minimum Gasteiger partial charge on any atom is -0.469 e. The van der Waals surface area contributed by atoms with Gasteiger partial charge in [-0.2, -0.15) is 5.26 Å². The fourth-order valence-corrected chi connectivity index (χ4v) is 1.96. The van der Waals surface area contributed by atoms with Gasteiger partial charge in [-0.15, -0.1) is 0 Å². The summed E-state index contributed by atoms with van der Waals surface area (Å²) >= 11 is 0. The average molecular weight is 258 g/mol. The van der Waals surface area contributed by atoms with Gasteiger partial charge in [-0.1, -0.05) is 6.07 Å². The molecule has 0 fully saturated rings. The molecule has 3 nitrogen and oxygen atoms in total. The predicted octanol–water partition coefficient (Wildman–Crippen LogP) is 3.23. The fourth-order valence-electron chi connectivity index (χ4n) is 1.96. The third kappa shape index (κ3) is 3.21. The highest BCUT2D eigenvalue weighted by atomic mass is 19.1. The summed E-state index contributed by atoms with van der Waals surface area (Å²) in [4.78, 5) is 2.00. The summed E-state index contributed by atoms with van der Waals surface area (Å²) in [6.07, 6.45) is 1.65. The second-order valence-corrected chi connectivity index (χ2v) is 4.59. The van der Waals surface area contributed by atoms with Crippen molar-refractivity contribution in [3.63, 3.8) is 0 Å². The van der Waals surface area contributed by atoms with Crippen molar-refractivity contribution in [1.29, 1.82) is 5.26 Å². The quantitative estimate of drug-likeness (QED) is 0.845. The first-order valence-corrected chi connectivity index (χ1v) is 6.00. The molecule has 0 N–H and O–H groups in total. The van der Waals surface area contributed by atoms with Gasteiger partial charge in [-0.3, -0.25) is 4.90 Å². The monoisotopic (exact) mass is 258 g/mol. The molecule has 0 aliphatic carbocycles. The molecule has 0 spiro atoms. The Hall–Kier alpha value is -2.12. The predicted molar refractivity (Wildman–Crippen MR) is 69.7 cm³/mol. The van der Waals surface area contributed by atoms with Gasteiger partial charge < -0.3 is 4.42 Å². The van der Waals surface area contributed by atoms with Crippen LogP contribution in [0.1, 0.15) is 22.5 Å². The maximum absolute atomic E-state index is 13.8. The number of hydrogen-bond donors (Lipinski definition) is 0. The zero-order valence-electron chi connectivity index (χ0n) is 11.0. The van der Waals surface area contributed by atoms with Crippen molar-refractivity contribution in [3.8, 4) is 6.07 Å². The van der Waals surface area contributed by atoms with Crippen LogP contribution in [0.4, 0.5) is 4.39 Å². The fraction of sp³-hybridized carbons (Fsp3) is 0.267. The van der Waals surface area contributed by atoms with Crippen LogP contribution in [-0.2, 0) is 13.1 Å². The third-order valence-corrected chi connectivity index (χ3v) is 3.03. The van der Waals surface area contributed by atoms with E-state index in [2.05, 4.69) is 0 Å². The highest BCUT2D eigenvalue weighted by molar-refractivity contribution is 5.32. The van der Waals surface area contributed by atoms with Gasteiger partial charge in [-0.05, 0) is 32.2 Å². The second kappa shape index (κ2) is 5.68. The second-order valence-electron chi connectivity index (χ2n) is 4.59. The summed E-state index contributed by atoms with van der Waals surface area (Å²) < 4.78 is 19.0. The molecule has 0 bridgehead atoms. The Morgan fingerprint density at radius 1 is 1.26 bits per heavy atom. The summed E-state index contributed by atoms with van der Waals surface area (Å²) in [6, 6.07) is 8.41. The first kappa shape index (κ1) is 13.3. The zero-order chi connectivity index (χ0) is 13.8. The molecule has 0 radical (unpaired) electrons. The standard InChI is InChI=1S/C15H15FN2O/c1-11-13(5-6-19-11)9-18(2)10-14-4-3-12(8-17)7-15(14)16/h3-7H,9-10H2,1-2H3. The van der Waals surface area contributed by atoms with Gasteiger partial charge in [0.15, 0.2) is 0 Å². The average Bonchev–Trinajstić information content (AvgIpc) is 2.77. The molecule has 0 unspecified atom stereocenters. The van der Waals surface area contributed by atoms with Crippen LogP contribution >= 0.6 is 0 Å². The maximum atomic E-state index is 13.8. The SMILES string of the molecule is Cc1occc1CN(C)Cc1ccc(C#N)cc1F. The molecular formula is C15H15FN2O. The Kier molecular flexibility index (Phi) is 3.98. The zero-order valence-corrected chi connectivity index (χ0v) is 11.0. The Labute approximate surface area is 111 Å². The Morgan fingerprint density at radius 3 is 2.58 bits per heavy atom. The van der Waals surface area contributed by atoms with Crippen molar-refractivity contribution < 1.29 is 8.81 Å². The number of halogens is 1. The van der Waals surface area contributed by atoms with E-state index in [-0.39, 0.29) is 5.82 Å². The van der Waals surface area contributed by atoms with Crippen LogP contribution in [0.25, 0.3) is 0 Å². The molecule has 4 heteroatoms. The van der Waals surface area contributed by atoms with E-state index < -0.39 is 0 Å². The van der Waals surface area contributed by atoms with Crippen molar-refractivity contribution in [3.05, 3.63) is 58.8 Å². The molecule has 1 aromatic heterocycles. The van der Waals surface area contributed by atoms with Gasteiger partial charge in [0.05, 0.1) is 17.9 Å². The van der Waals surface area contributed by atoms with Gasteiger partial charge in [0.2, 0.25) is 0 Å². The van der Waals surface area contributed by atoms with E-state index in [0.717, 1.165) is 11.3 Å². The normalized spacial score (nSPS) is 10.7. The molecule has 0 saturated heterocycles. The van der Waals surface area contributed by atoms with Crippen LogP contribution in [-0.4, -0.2) is 11.9 Å². The first-order valence-electron chi connectivity index (χ1n) is 6.00. The molecule has 2 rings (SSSR count). The maximum Gasteiger partial charge on any atom is 0.129 e. The highest BCUT2D eigenvalue weighted by Gasteiger charge is 2.09. The van der Waals surface area contributed by atoms with E-state index in [1.54, 1.807) is 18.4 Å². The van der Waals surface area contributed by atoms with Crippen LogP contribution in [0.2, 0.25) is 0 Å². The third-order valence-electron chi connectivity index (χ3n) is 3.03. The first-order chi connectivity index (χ1) is 9.10. The van der Waals surface area contributed by atoms with E-state index in [1.165, 1.54) is 6.07 Å². The summed E-state index contributed by atoms with van der Waals surface area (Å²) in [5.41, 5.74) is 2.02. The van der Waals surface area contributed by atoms with E-state index in [0.29, 0.717) is 24.2 Å². The summed E-state index contributed by atoms with van der Waals surface area (Å²) in [6.45, 7) is 3.09. The lowest BCUT2D eigenvalue weighted by molar-refractivity contribution is 0.311. The summed E-state index contributed by atoms with van der Waals surface area (Å²) in [7, 11) is 1.92. The van der Waals surface area contributed by atoms with Crippen molar-refractivity contribution >= 4 is 0 Å². The minimum atomic E-state index is -0.338. The van der Waals surface area contributed by atoms with Crippen LogP contribution in [0, 0.1) is 24.1 Å². The van der Waals surface area contributed by atoms with Crippen molar-refractivity contribution in [1.82, 2.24) is 4.90 Å². The largest absolute Gasteiger partial charge is 0.469 e. The number of aryl methyl sites for hydroxylation is 1. The van der Waals surface area contributed by atoms with Gasteiger partial charge in [0, 0.05) is 24.2 Å². The lowest BCUT2D eigenvalue weighted by Crippen LogP contribution is -2.18.